The van der Waals surface area contributed by atoms with Gasteiger partial charge in [-0.05, 0) is 60.0 Å². The van der Waals surface area contributed by atoms with E-state index in [1.165, 1.54) is 5.56 Å². The summed E-state index contributed by atoms with van der Waals surface area (Å²) in [6.07, 6.45) is 6.08. The van der Waals surface area contributed by atoms with Gasteiger partial charge in [-0.15, -0.1) is 0 Å². The van der Waals surface area contributed by atoms with Crippen molar-refractivity contribution in [2.24, 2.45) is 4.99 Å². The molecule has 0 radical (unpaired) electrons. The number of allylic oxidation sites excluding steroid dienone is 1. The fraction of sp³-hybridized carbons (Fsp3) is 0.200. The molecule has 1 aliphatic heterocycles. The Balaban J connectivity index is 1.46. The van der Waals surface area contributed by atoms with E-state index in [-0.39, 0.29) is 12.4 Å². The molecule has 30 heavy (non-hydrogen) atoms. The van der Waals surface area contributed by atoms with Crippen LogP contribution in [0.1, 0.15) is 45.1 Å². The van der Waals surface area contributed by atoms with Crippen molar-refractivity contribution >= 4 is 17.6 Å². The van der Waals surface area contributed by atoms with Crippen LogP contribution in [0, 0.1) is 6.92 Å². The Hall–Kier alpha value is -3.44. The normalized spacial score (nSPS) is 15.3. The van der Waals surface area contributed by atoms with E-state index in [4.69, 9.17) is 4.99 Å². The van der Waals surface area contributed by atoms with E-state index in [0.29, 0.717) is 18.7 Å². The molecule has 0 bridgehead atoms. The average molecular weight is 395 g/mol. The lowest BCUT2D eigenvalue weighted by molar-refractivity contribution is -0.117. The number of aliphatic hydroxyl groups excluding tert-OH is 1. The number of carbonyl (C=O) groups excluding carboxylic acids is 1. The van der Waals surface area contributed by atoms with Gasteiger partial charge in [-0.2, -0.15) is 0 Å². The van der Waals surface area contributed by atoms with Gasteiger partial charge >= 0.3 is 0 Å². The van der Waals surface area contributed by atoms with Gasteiger partial charge in [0.05, 0.1) is 30.5 Å². The molecule has 0 amide bonds. The van der Waals surface area contributed by atoms with Crippen molar-refractivity contribution < 1.29 is 9.90 Å². The van der Waals surface area contributed by atoms with E-state index < -0.39 is 5.92 Å². The molecule has 0 unspecified atom stereocenters. The van der Waals surface area contributed by atoms with Crippen molar-refractivity contribution in [3.8, 4) is 0 Å². The highest BCUT2D eigenvalue weighted by atomic mass is 16.3. The number of ketones is 1. The number of hydrogen-bond acceptors (Lipinski definition) is 5. The molecule has 5 rings (SSSR count). The summed E-state index contributed by atoms with van der Waals surface area (Å²) in [5.74, 6) is -0.693. The van der Waals surface area contributed by atoms with Crippen LogP contribution in [0.2, 0.25) is 0 Å². The highest BCUT2D eigenvalue weighted by molar-refractivity contribution is 6.15. The molecule has 0 spiro atoms. The number of benzene rings is 1. The predicted molar refractivity (Wildman–Crippen MR) is 116 cm³/mol. The molecule has 2 aromatic heterocycles. The molecule has 1 aliphatic carbocycles. The first kappa shape index (κ1) is 18.6. The molecule has 1 aromatic carbocycles. The van der Waals surface area contributed by atoms with Crippen molar-refractivity contribution in [2.45, 2.75) is 25.8 Å². The van der Waals surface area contributed by atoms with Gasteiger partial charge in [0, 0.05) is 41.2 Å². The van der Waals surface area contributed by atoms with Crippen LogP contribution in [0.15, 0.2) is 65.4 Å². The van der Waals surface area contributed by atoms with Crippen molar-refractivity contribution in [3.05, 3.63) is 99.6 Å². The van der Waals surface area contributed by atoms with E-state index in [1.807, 2.05) is 37.3 Å². The van der Waals surface area contributed by atoms with Crippen LogP contribution < -0.4 is 0 Å². The van der Waals surface area contributed by atoms with Crippen LogP contribution in [0.5, 0.6) is 0 Å². The quantitative estimate of drug-likeness (QED) is 0.718. The van der Waals surface area contributed by atoms with Gasteiger partial charge in [0.1, 0.15) is 0 Å². The maximum absolute atomic E-state index is 13.2. The SMILES string of the molecule is Cc1cccc([C@@H](CO)C(=O)C2=Cc3cc4c(cc3C2)CN=C4c2ccncc2)n1. The number of aromatic nitrogens is 2. The summed E-state index contributed by atoms with van der Waals surface area (Å²) >= 11 is 0. The third-order valence-electron chi connectivity index (χ3n) is 5.77. The fourth-order valence-corrected chi connectivity index (χ4v) is 4.25. The molecule has 5 nitrogen and oxygen atoms in total. The van der Waals surface area contributed by atoms with E-state index in [9.17, 15) is 9.90 Å². The number of hydrogen-bond donors (Lipinski definition) is 1. The van der Waals surface area contributed by atoms with Crippen LogP contribution >= 0.6 is 0 Å². The Morgan fingerprint density at radius 1 is 1.13 bits per heavy atom. The van der Waals surface area contributed by atoms with Gasteiger partial charge in [0.25, 0.3) is 0 Å². The molecule has 0 saturated heterocycles. The van der Waals surface area contributed by atoms with Gasteiger partial charge in [0.15, 0.2) is 5.78 Å². The molecule has 0 saturated carbocycles. The van der Waals surface area contributed by atoms with E-state index in [0.717, 1.165) is 39.2 Å². The zero-order chi connectivity index (χ0) is 20.7. The summed E-state index contributed by atoms with van der Waals surface area (Å²) in [6, 6.07) is 13.8. The van der Waals surface area contributed by atoms with Crippen molar-refractivity contribution in [3.63, 3.8) is 0 Å². The second-order valence-corrected chi connectivity index (χ2v) is 7.76. The summed E-state index contributed by atoms with van der Waals surface area (Å²) in [5.41, 5.74) is 8.68. The van der Waals surface area contributed by atoms with Crippen LogP contribution in [0.3, 0.4) is 0 Å². The lowest BCUT2D eigenvalue weighted by Gasteiger charge is -2.14. The van der Waals surface area contributed by atoms with Gasteiger partial charge in [0.2, 0.25) is 0 Å². The van der Waals surface area contributed by atoms with E-state index >= 15 is 0 Å². The lowest BCUT2D eigenvalue weighted by atomic mass is 9.93. The highest BCUT2D eigenvalue weighted by Crippen LogP contribution is 2.34. The molecule has 3 aromatic rings. The van der Waals surface area contributed by atoms with Crippen LogP contribution in [0.25, 0.3) is 6.08 Å². The summed E-state index contributed by atoms with van der Waals surface area (Å²) in [5, 5.41) is 9.91. The number of Topliss-reactive ketones (excluding diaryl/α,β-unsaturated/α-hetero) is 1. The first-order valence-corrected chi connectivity index (χ1v) is 10.0. The summed E-state index contributed by atoms with van der Waals surface area (Å²) in [4.78, 5) is 26.5. The maximum Gasteiger partial charge on any atom is 0.170 e. The lowest BCUT2D eigenvalue weighted by Crippen LogP contribution is -2.20. The Morgan fingerprint density at radius 3 is 2.73 bits per heavy atom. The standard InChI is InChI=1S/C25H21N3O2/c1-15-3-2-4-23(28-15)22(14-29)25(30)19-9-17-11-20-13-27-24(16-5-7-26-8-6-16)21(20)12-18(17)10-19/h2-8,10-12,22,29H,9,13-14H2,1H3/t22-/m1/s1. The number of aliphatic hydroxyl groups is 1. The Morgan fingerprint density at radius 2 is 1.97 bits per heavy atom. The molecular formula is C25H21N3O2. The van der Waals surface area contributed by atoms with Crippen molar-refractivity contribution in [1.82, 2.24) is 9.97 Å². The smallest absolute Gasteiger partial charge is 0.170 e. The van der Waals surface area contributed by atoms with Gasteiger partial charge in [-0.25, -0.2) is 0 Å². The van der Waals surface area contributed by atoms with Crippen LogP contribution in [-0.2, 0) is 17.8 Å². The van der Waals surface area contributed by atoms with Crippen molar-refractivity contribution in [1.29, 1.82) is 0 Å². The maximum atomic E-state index is 13.2. The minimum atomic E-state index is -0.633. The third kappa shape index (κ3) is 3.17. The Kier molecular flexibility index (Phi) is 4.60. The zero-order valence-electron chi connectivity index (χ0n) is 16.7. The molecule has 3 heterocycles. The number of aryl methyl sites for hydroxylation is 1. The number of rotatable bonds is 5. The molecule has 2 aliphatic rings. The van der Waals surface area contributed by atoms with E-state index in [1.54, 1.807) is 18.5 Å². The van der Waals surface area contributed by atoms with Crippen molar-refractivity contribution in [2.75, 3.05) is 6.61 Å². The average Bonchev–Trinajstić information content (AvgIpc) is 3.36. The highest BCUT2D eigenvalue weighted by Gasteiger charge is 2.29. The third-order valence-corrected chi connectivity index (χ3v) is 5.77. The molecule has 148 valence electrons. The number of aliphatic imine (C=N–C) groups is 1. The molecule has 5 heteroatoms. The van der Waals surface area contributed by atoms with Gasteiger partial charge in [-0.1, -0.05) is 12.1 Å². The summed E-state index contributed by atoms with van der Waals surface area (Å²) < 4.78 is 0. The second-order valence-electron chi connectivity index (χ2n) is 7.76. The van der Waals surface area contributed by atoms with Gasteiger partial charge in [-0.3, -0.25) is 19.8 Å². The fourth-order valence-electron chi connectivity index (χ4n) is 4.25. The number of pyridine rings is 2. The Labute approximate surface area is 174 Å². The molecule has 1 N–H and O–H groups in total. The monoisotopic (exact) mass is 395 g/mol. The molecule has 0 fully saturated rings. The largest absolute Gasteiger partial charge is 0.395 e. The summed E-state index contributed by atoms with van der Waals surface area (Å²) in [7, 11) is 0. The number of fused-ring (bicyclic) bond motifs is 2. The molecule has 1 atom stereocenters. The first-order chi connectivity index (χ1) is 14.6. The second kappa shape index (κ2) is 7.43. The Bertz CT molecular complexity index is 1210. The summed E-state index contributed by atoms with van der Waals surface area (Å²) in [6.45, 7) is 2.28. The first-order valence-electron chi connectivity index (χ1n) is 10.0. The zero-order valence-corrected chi connectivity index (χ0v) is 16.7. The van der Waals surface area contributed by atoms with Crippen LogP contribution in [-0.4, -0.2) is 33.2 Å². The van der Waals surface area contributed by atoms with Gasteiger partial charge < -0.3 is 5.11 Å². The van der Waals surface area contributed by atoms with E-state index in [2.05, 4.69) is 22.1 Å². The molecular weight excluding hydrogens is 374 g/mol. The number of nitrogens with zero attached hydrogens (tertiary/aromatic N) is 3. The number of carbonyl (C=O) groups is 1. The minimum absolute atomic E-state index is 0.0602. The van der Waals surface area contributed by atoms with Crippen LogP contribution in [0.4, 0.5) is 0 Å². The predicted octanol–water partition coefficient (Wildman–Crippen LogP) is 3.42. The topological polar surface area (TPSA) is 75.4 Å². The minimum Gasteiger partial charge on any atom is -0.395 e.